The predicted octanol–water partition coefficient (Wildman–Crippen LogP) is 1.93. The van der Waals surface area contributed by atoms with Crippen LogP contribution in [0.4, 0.5) is 0 Å². The molecule has 0 radical (unpaired) electrons. The summed E-state index contributed by atoms with van der Waals surface area (Å²) in [5, 5.41) is 12.6. The van der Waals surface area contributed by atoms with E-state index in [-0.39, 0.29) is 0 Å². The van der Waals surface area contributed by atoms with E-state index < -0.39 is 0 Å². The first-order valence-corrected chi connectivity index (χ1v) is 6.65. The number of hydrogen-bond acceptors (Lipinski definition) is 2. The molecular weight excluding hydrogens is 186 g/mol. The topological polar surface area (TPSA) is 32.3 Å². The van der Waals surface area contributed by atoms with Gasteiger partial charge in [-0.15, -0.1) is 0 Å². The Labute approximate surface area is 92.4 Å². The molecule has 0 aromatic heterocycles. The minimum absolute atomic E-state index is 0.333. The average Bonchev–Trinajstić information content (AvgIpc) is 2.15. The maximum absolute atomic E-state index is 8.84. The number of nitrogens with one attached hydrogen (secondary N) is 1. The van der Waals surface area contributed by atoms with Gasteiger partial charge in [-0.2, -0.15) is 0 Å². The lowest BCUT2D eigenvalue weighted by Crippen LogP contribution is -2.58. The molecular formula is C13H23NO. The molecule has 2 N–H and O–H groups in total. The van der Waals surface area contributed by atoms with Crippen LogP contribution >= 0.6 is 0 Å². The van der Waals surface area contributed by atoms with Crippen molar-refractivity contribution in [3.05, 3.63) is 0 Å². The quantitative estimate of drug-likeness (QED) is 0.693. The summed E-state index contributed by atoms with van der Waals surface area (Å²) in [6.07, 6.45) is 9.73. The maximum Gasteiger partial charge on any atom is 0.0443 e. The molecule has 0 saturated heterocycles. The average molecular weight is 209 g/mol. The third-order valence-electron chi connectivity index (χ3n) is 4.87. The highest BCUT2D eigenvalue weighted by atomic mass is 16.3. The van der Waals surface area contributed by atoms with E-state index in [0.29, 0.717) is 12.1 Å². The zero-order valence-corrected chi connectivity index (χ0v) is 9.54. The molecule has 4 aliphatic rings. The Morgan fingerprint density at radius 1 is 1.00 bits per heavy atom. The number of rotatable bonds is 4. The second-order valence-electron chi connectivity index (χ2n) is 6.20. The molecule has 4 bridgehead atoms. The van der Waals surface area contributed by atoms with Crippen LogP contribution in [-0.2, 0) is 0 Å². The van der Waals surface area contributed by atoms with Crippen LogP contribution in [0.1, 0.15) is 44.9 Å². The Morgan fingerprint density at radius 2 is 1.53 bits per heavy atom. The van der Waals surface area contributed by atoms with E-state index in [1.54, 1.807) is 0 Å². The Hall–Kier alpha value is -0.0800. The summed E-state index contributed by atoms with van der Waals surface area (Å²) in [5.74, 6) is 3.08. The van der Waals surface area contributed by atoms with Crippen molar-refractivity contribution in [1.82, 2.24) is 5.32 Å². The van der Waals surface area contributed by atoms with Gasteiger partial charge in [0.1, 0.15) is 0 Å². The lowest BCUT2D eigenvalue weighted by Gasteiger charge is -2.57. The normalized spacial score (nSPS) is 47.4. The largest absolute Gasteiger partial charge is 0.396 e. The van der Waals surface area contributed by atoms with Crippen molar-refractivity contribution in [3.8, 4) is 0 Å². The van der Waals surface area contributed by atoms with Gasteiger partial charge in [-0.1, -0.05) is 0 Å². The molecule has 2 nitrogen and oxygen atoms in total. The van der Waals surface area contributed by atoms with Crippen LogP contribution in [0.5, 0.6) is 0 Å². The van der Waals surface area contributed by atoms with Crippen molar-refractivity contribution < 1.29 is 5.11 Å². The van der Waals surface area contributed by atoms with Crippen LogP contribution in [0.3, 0.4) is 0 Å². The third kappa shape index (κ3) is 1.83. The van der Waals surface area contributed by atoms with Crippen LogP contribution in [-0.4, -0.2) is 23.8 Å². The second kappa shape index (κ2) is 3.74. The van der Waals surface area contributed by atoms with Gasteiger partial charge in [-0.25, -0.2) is 0 Å². The Bertz CT molecular complexity index is 203. The van der Waals surface area contributed by atoms with Gasteiger partial charge in [0.25, 0.3) is 0 Å². The third-order valence-corrected chi connectivity index (χ3v) is 4.87. The molecule has 0 aromatic carbocycles. The van der Waals surface area contributed by atoms with E-state index in [0.717, 1.165) is 30.7 Å². The minimum Gasteiger partial charge on any atom is -0.396 e. The number of hydrogen-bond donors (Lipinski definition) is 2. The van der Waals surface area contributed by atoms with Gasteiger partial charge in [-0.05, 0) is 69.2 Å². The van der Waals surface area contributed by atoms with Crippen LogP contribution < -0.4 is 5.32 Å². The smallest absolute Gasteiger partial charge is 0.0443 e. The summed E-state index contributed by atoms with van der Waals surface area (Å²) in [7, 11) is 0. The lowest BCUT2D eigenvalue weighted by atomic mass is 9.53. The van der Waals surface area contributed by atoms with Crippen molar-refractivity contribution in [2.45, 2.75) is 50.5 Å². The molecule has 0 heterocycles. The molecule has 0 amide bonds. The van der Waals surface area contributed by atoms with Crippen molar-refractivity contribution in [2.24, 2.45) is 17.8 Å². The van der Waals surface area contributed by atoms with Crippen LogP contribution in [0, 0.1) is 17.8 Å². The molecule has 0 aromatic rings. The highest BCUT2D eigenvalue weighted by Gasteiger charge is 2.50. The summed E-state index contributed by atoms with van der Waals surface area (Å²) in [6.45, 7) is 1.35. The van der Waals surface area contributed by atoms with E-state index in [1.807, 2.05) is 0 Å². The van der Waals surface area contributed by atoms with Gasteiger partial charge in [0.2, 0.25) is 0 Å². The first kappa shape index (κ1) is 10.1. The molecule has 4 rings (SSSR count). The van der Waals surface area contributed by atoms with Gasteiger partial charge in [0, 0.05) is 12.1 Å². The van der Waals surface area contributed by atoms with E-state index in [9.17, 15) is 0 Å². The summed E-state index contributed by atoms with van der Waals surface area (Å²) in [4.78, 5) is 0. The number of aliphatic hydroxyl groups excluding tert-OH is 1. The zero-order chi connectivity index (χ0) is 10.3. The zero-order valence-electron chi connectivity index (χ0n) is 9.54. The van der Waals surface area contributed by atoms with E-state index in [2.05, 4.69) is 5.32 Å². The SMILES string of the molecule is OCCCNC12CC3CC(CC(C3)C1)C2. The van der Waals surface area contributed by atoms with Gasteiger partial charge in [-0.3, -0.25) is 0 Å². The molecule has 15 heavy (non-hydrogen) atoms. The Balaban J connectivity index is 1.65. The standard InChI is InChI=1S/C13H23NO/c15-3-1-2-14-13-7-10-4-11(8-13)6-12(5-10)9-13/h10-12,14-15H,1-9H2. The van der Waals surface area contributed by atoms with Gasteiger partial charge < -0.3 is 10.4 Å². The van der Waals surface area contributed by atoms with Crippen molar-refractivity contribution in [2.75, 3.05) is 13.2 Å². The summed E-state index contributed by atoms with van der Waals surface area (Å²) in [6, 6.07) is 0. The first-order chi connectivity index (χ1) is 7.30. The maximum atomic E-state index is 8.84. The molecule has 0 aliphatic heterocycles. The monoisotopic (exact) mass is 209 g/mol. The van der Waals surface area contributed by atoms with Crippen molar-refractivity contribution >= 4 is 0 Å². The van der Waals surface area contributed by atoms with Crippen molar-refractivity contribution in [3.63, 3.8) is 0 Å². The number of aliphatic hydroxyl groups is 1. The van der Waals surface area contributed by atoms with Gasteiger partial charge in [0.15, 0.2) is 0 Å². The molecule has 0 unspecified atom stereocenters. The van der Waals surface area contributed by atoms with Crippen LogP contribution in [0.2, 0.25) is 0 Å². The second-order valence-corrected chi connectivity index (χ2v) is 6.20. The fourth-order valence-electron chi connectivity index (χ4n) is 4.76. The summed E-state index contributed by atoms with van der Waals surface area (Å²) >= 11 is 0. The molecule has 2 heteroatoms. The van der Waals surface area contributed by atoms with Crippen molar-refractivity contribution in [1.29, 1.82) is 0 Å². The lowest BCUT2D eigenvalue weighted by molar-refractivity contribution is -0.0199. The molecule has 4 saturated carbocycles. The molecule has 86 valence electrons. The van der Waals surface area contributed by atoms with Gasteiger partial charge >= 0.3 is 0 Å². The fourth-order valence-corrected chi connectivity index (χ4v) is 4.76. The Kier molecular flexibility index (Phi) is 2.52. The molecule has 0 spiro atoms. The highest BCUT2D eigenvalue weighted by Crippen LogP contribution is 2.55. The summed E-state index contributed by atoms with van der Waals surface area (Å²) in [5.41, 5.74) is 0.490. The molecule has 0 atom stereocenters. The van der Waals surface area contributed by atoms with E-state index in [1.165, 1.54) is 38.5 Å². The van der Waals surface area contributed by atoms with Crippen LogP contribution in [0.15, 0.2) is 0 Å². The highest BCUT2D eigenvalue weighted by molar-refractivity contribution is 5.06. The predicted molar refractivity (Wildman–Crippen MR) is 60.6 cm³/mol. The van der Waals surface area contributed by atoms with Crippen LogP contribution in [0.25, 0.3) is 0 Å². The molecule has 4 fully saturated rings. The molecule has 4 aliphatic carbocycles. The Morgan fingerprint density at radius 3 is 2.00 bits per heavy atom. The van der Waals surface area contributed by atoms with Gasteiger partial charge in [0.05, 0.1) is 0 Å². The minimum atomic E-state index is 0.333. The first-order valence-electron chi connectivity index (χ1n) is 6.65. The summed E-state index contributed by atoms with van der Waals surface area (Å²) < 4.78 is 0. The van der Waals surface area contributed by atoms with E-state index in [4.69, 9.17) is 5.11 Å². The fraction of sp³-hybridized carbons (Fsp3) is 1.00. The van der Waals surface area contributed by atoms with E-state index >= 15 is 0 Å².